The van der Waals surface area contributed by atoms with Gasteiger partial charge in [0.2, 0.25) is 0 Å². The second kappa shape index (κ2) is 7.10. The summed E-state index contributed by atoms with van der Waals surface area (Å²) in [7, 11) is 1.54. The normalized spacial score (nSPS) is 11.9. The van der Waals surface area contributed by atoms with Crippen LogP contribution in [-0.2, 0) is 11.3 Å². The summed E-state index contributed by atoms with van der Waals surface area (Å²) in [6.45, 7) is 0.300. The number of amides is 1. The quantitative estimate of drug-likeness (QED) is 0.757. The molecule has 0 fully saturated rings. The van der Waals surface area contributed by atoms with E-state index in [4.69, 9.17) is 4.74 Å². The predicted octanol–water partition coefficient (Wildman–Crippen LogP) is 2.59. The van der Waals surface area contributed by atoms with Crippen LogP contribution in [0.5, 0.6) is 5.75 Å². The number of fused-ring (bicyclic) bond motifs is 1. The van der Waals surface area contributed by atoms with Gasteiger partial charge in [-0.2, -0.15) is 0 Å². The van der Waals surface area contributed by atoms with Crippen LogP contribution >= 0.6 is 0 Å². The summed E-state index contributed by atoms with van der Waals surface area (Å²) in [5.74, 6) is 0.133. The lowest BCUT2D eigenvalue weighted by atomic mass is 10.1. The van der Waals surface area contributed by atoms with Crippen molar-refractivity contribution in [3.05, 3.63) is 71.9 Å². The number of pyridine rings is 1. The molecule has 0 aliphatic heterocycles. The first kappa shape index (κ1) is 16.0. The fourth-order valence-electron chi connectivity index (χ4n) is 2.55. The van der Waals surface area contributed by atoms with E-state index in [0.29, 0.717) is 17.9 Å². The lowest BCUT2D eigenvalue weighted by molar-refractivity contribution is -0.129. The van der Waals surface area contributed by atoms with Gasteiger partial charge in [0.1, 0.15) is 5.75 Å². The minimum Gasteiger partial charge on any atom is -0.497 e. The number of nitrogens with zero attached hydrogens (tertiary/aromatic N) is 1. The van der Waals surface area contributed by atoms with Crippen LogP contribution in [0.25, 0.3) is 10.9 Å². The van der Waals surface area contributed by atoms with Crippen molar-refractivity contribution in [3.63, 3.8) is 0 Å². The summed E-state index contributed by atoms with van der Waals surface area (Å²) in [5, 5.41) is 14.0. The number of para-hydroxylation sites is 1. The number of aliphatic hydroxyl groups is 1. The van der Waals surface area contributed by atoms with Crippen molar-refractivity contribution < 1.29 is 14.6 Å². The second-order valence-corrected chi connectivity index (χ2v) is 5.39. The predicted molar refractivity (Wildman–Crippen MR) is 91.5 cm³/mol. The molecule has 3 aromatic rings. The van der Waals surface area contributed by atoms with E-state index in [2.05, 4.69) is 10.3 Å². The molecule has 0 aliphatic carbocycles. The minimum atomic E-state index is -1.25. The van der Waals surface area contributed by atoms with E-state index in [1.165, 1.54) is 0 Å². The monoisotopic (exact) mass is 322 g/mol. The molecule has 1 aromatic heterocycles. The molecule has 0 spiro atoms. The van der Waals surface area contributed by atoms with Crippen molar-refractivity contribution in [2.75, 3.05) is 7.11 Å². The molecule has 1 unspecified atom stereocenters. The third-order valence-corrected chi connectivity index (χ3v) is 3.83. The molecule has 1 atom stereocenters. The first-order valence-corrected chi connectivity index (χ1v) is 7.61. The Morgan fingerprint density at radius 1 is 1.21 bits per heavy atom. The number of carbonyl (C=O) groups excluding carboxylic acids is 1. The Bertz CT molecular complexity index is 859. The Morgan fingerprint density at radius 3 is 2.83 bits per heavy atom. The van der Waals surface area contributed by atoms with Crippen molar-refractivity contribution in [2.45, 2.75) is 12.6 Å². The van der Waals surface area contributed by atoms with Gasteiger partial charge in [-0.1, -0.05) is 36.4 Å². The molecule has 2 aromatic carbocycles. The van der Waals surface area contributed by atoms with Crippen molar-refractivity contribution in [1.82, 2.24) is 10.3 Å². The number of aliphatic hydroxyl groups excluding tert-OH is 1. The summed E-state index contributed by atoms with van der Waals surface area (Å²) in [6.07, 6.45) is 0.474. The Balaban J connectivity index is 1.72. The van der Waals surface area contributed by atoms with E-state index >= 15 is 0 Å². The average Bonchev–Trinajstić information content (AvgIpc) is 2.65. The molecular formula is C19H18N2O3. The number of carbonyl (C=O) groups is 1. The highest BCUT2D eigenvalue weighted by molar-refractivity contribution is 5.84. The molecule has 0 saturated carbocycles. The van der Waals surface area contributed by atoms with Crippen LogP contribution < -0.4 is 10.1 Å². The first-order valence-electron chi connectivity index (χ1n) is 7.61. The molecule has 0 radical (unpaired) electrons. The highest BCUT2D eigenvalue weighted by Gasteiger charge is 2.17. The standard InChI is InChI=1S/C19H18N2O3/c1-24-16-9-3-6-14(11-16)18(22)19(23)21-12-15-7-2-5-13-8-4-10-20-17(13)15/h2-11,18,22H,12H2,1H3,(H,21,23). The minimum absolute atomic E-state index is 0.300. The zero-order chi connectivity index (χ0) is 16.9. The number of ether oxygens (including phenoxy) is 1. The fourth-order valence-corrected chi connectivity index (χ4v) is 2.55. The largest absolute Gasteiger partial charge is 0.497 e. The van der Waals surface area contributed by atoms with Crippen LogP contribution in [0.1, 0.15) is 17.2 Å². The summed E-state index contributed by atoms with van der Waals surface area (Å²) in [6, 6.07) is 16.5. The van der Waals surface area contributed by atoms with Gasteiger partial charge in [0.15, 0.2) is 6.10 Å². The SMILES string of the molecule is COc1cccc(C(O)C(=O)NCc2cccc3cccnc23)c1. The molecule has 3 rings (SSSR count). The number of rotatable bonds is 5. The van der Waals surface area contributed by atoms with Crippen molar-refractivity contribution in [1.29, 1.82) is 0 Å². The molecule has 5 heteroatoms. The summed E-state index contributed by atoms with van der Waals surface area (Å²) in [5.41, 5.74) is 2.23. The number of hydrogen-bond acceptors (Lipinski definition) is 4. The molecule has 122 valence electrons. The number of aromatic nitrogens is 1. The van der Waals surface area contributed by atoms with Crippen molar-refractivity contribution in [2.24, 2.45) is 0 Å². The van der Waals surface area contributed by atoms with Gasteiger partial charge in [-0.25, -0.2) is 0 Å². The van der Waals surface area contributed by atoms with Crippen LogP contribution in [0.3, 0.4) is 0 Å². The number of benzene rings is 2. The summed E-state index contributed by atoms with van der Waals surface area (Å²) >= 11 is 0. The highest BCUT2D eigenvalue weighted by atomic mass is 16.5. The fraction of sp³-hybridized carbons (Fsp3) is 0.158. The highest BCUT2D eigenvalue weighted by Crippen LogP contribution is 2.20. The summed E-state index contributed by atoms with van der Waals surface area (Å²) < 4.78 is 5.11. The second-order valence-electron chi connectivity index (χ2n) is 5.39. The molecule has 0 bridgehead atoms. The Morgan fingerprint density at radius 2 is 2.00 bits per heavy atom. The molecule has 1 heterocycles. The Labute approximate surface area is 139 Å². The maximum Gasteiger partial charge on any atom is 0.253 e. The van der Waals surface area contributed by atoms with Crippen molar-refractivity contribution >= 4 is 16.8 Å². The van der Waals surface area contributed by atoms with Crippen LogP contribution in [0.15, 0.2) is 60.8 Å². The Hall–Kier alpha value is -2.92. The van der Waals surface area contributed by atoms with E-state index in [1.807, 2.05) is 30.3 Å². The van der Waals surface area contributed by atoms with Gasteiger partial charge in [0.05, 0.1) is 12.6 Å². The lowest BCUT2D eigenvalue weighted by Crippen LogP contribution is -2.29. The maximum atomic E-state index is 12.2. The third-order valence-electron chi connectivity index (χ3n) is 3.83. The van der Waals surface area contributed by atoms with Crippen LogP contribution in [-0.4, -0.2) is 23.1 Å². The topological polar surface area (TPSA) is 71.5 Å². The zero-order valence-electron chi connectivity index (χ0n) is 13.3. The van der Waals surface area contributed by atoms with Crippen molar-refractivity contribution in [3.8, 4) is 5.75 Å². The Kier molecular flexibility index (Phi) is 4.72. The number of methoxy groups -OCH3 is 1. The zero-order valence-corrected chi connectivity index (χ0v) is 13.3. The molecule has 0 aliphatic rings. The first-order chi connectivity index (χ1) is 11.7. The van der Waals surface area contributed by atoms with Gasteiger partial charge >= 0.3 is 0 Å². The maximum absolute atomic E-state index is 12.2. The molecule has 0 saturated heterocycles. The van der Waals surface area contributed by atoms with E-state index < -0.39 is 12.0 Å². The third kappa shape index (κ3) is 3.36. The average molecular weight is 322 g/mol. The van der Waals surface area contributed by atoms with Crippen LogP contribution in [0.2, 0.25) is 0 Å². The van der Waals surface area contributed by atoms with E-state index in [1.54, 1.807) is 37.6 Å². The summed E-state index contributed by atoms with van der Waals surface area (Å²) in [4.78, 5) is 16.6. The van der Waals surface area contributed by atoms with Crippen LogP contribution in [0, 0.1) is 0 Å². The van der Waals surface area contributed by atoms with Gasteiger partial charge in [0, 0.05) is 18.1 Å². The molecule has 5 nitrogen and oxygen atoms in total. The smallest absolute Gasteiger partial charge is 0.253 e. The number of nitrogens with one attached hydrogen (secondary N) is 1. The molecular weight excluding hydrogens is 304 g/mol. The van der Waals surface area contributed by atoms with Crippen LogP contribution in [0.4, 0.5) is 0 Å². The van der Waals surface area contributed by atoms with Gasteiger partial charge in [-0.15, -0.1) is 0 Å². The molecule has 24 heavy (non-hydrogen) atoms. The van der Waals surface area contributed by atoms with Gasteiger partial charge in [-0.3, -0.25) is 9.78 Å². The lowest BCUT2D eigenvalue weighted by Gasteiger charge is -2.13. The van der Waals surface area contributed by atoms with Gasteiger partial charge < -0.3 is 15.2 Å². The van der Waals surface area contributed by atoms with Gasteiger partial charge in [0.25, 0.3) is 5.91 Å². The van der Waals surface area contributed by atoms with E-state index in [-0.39, 0.29) is 0 Å². The van der Waals surface area contributed by atoms with E-state index in [9.17, 15) is 9.90 Å². The molecule has 2 N–H and O–H groups in total. The van der Waals surface area contributed by atoms with E-state index in [0.717, 1.165) is 16.5 Å². The van der Waals surface area contributed by atoms with Gasteiger partial charge in [-0.05, 0) is 29.3 Å². The molecule has 1 amide bonds. The number of hydrogen-bond donors (Lipinski definition) is 2.